The SMILES string of the molecule is CC1CC(C#N)(C(=O)Nc2ccccc2Br)C1. The molecule has 4 heteroatoms. The van der Waals surface area contributed by atoms with Crippen LogP contribution < -0.4 is 5.32 Å². The van der Waals surface area contributed by atoms with Crippen molar-refractivity contribution in [2.75, 3.05) is 5.32 Å². The molecule has 1 aromatic rings. The van der Waals surface area contributed by atoms with Crippen LogP contribution >= 0.6 is 15.9 Å². The van der Waals surface area contributed by atoms with Gasteiger partial charge in [-0.15, -0.1) is 0 Å². The minimum atomic E-state index is -0.825. The molecule has 0 heterocycles. The van der Waals surface area contributed by atoms with Gasteiger partial charge in [0.25, 0.3) is 0 Å². The molecule has 17 heavy (non-hydrogen) atoms. The number of benzene rings is 1. The van der Waals surface area contributed by atoms with Gasteiger partial charge in [-0.3, -0.25) is 4.79 Å². The third-order valence-corrected chi connectivity index (χ3v) is 3.86. The van der Waals surface area contributed by atoms with Gasteiger partial charge < -0.3 is 5.32 Å². The van der Waals surface area contributed by atoms with Crippen LogP contribution in [0.5, 0.6) is 0 Å². The standard InChI is InChI=1S/C13H13BrN2O/c1-9-6-13(7-9,8-15)12(17)16-11-5-3-2-4-10(11)14/h2-5,9H,6-7H2,1H3,(H,16,17). The van der Waals surface area contributed by atoms with Gasteiger partial charge in [-0.05, 0) is 46.8 Å². The van der Waals surface area contributed by atoms with Crippen LogP contribution in [0, 0.1) is 22.7 Å². The second-order valence-electron chi connectivity index (χ2n) is 4.64. The Morgan fingerprint density at radius 2 is 2.18 bits per heavy atom. The zero-order chi connectivity index (χ0) is 12.5. The molecular weight excluding hydrogens is 280 g/mol. The van der Waals surface area contributed by atoms with Gasteiger partial charge in [0.1, 0.15) is 5.41 Å². The van der Waals surface area contributed by atoms with Gasteiger partial charge in [0.2, 0.25) is 5.91 Å². The Morgan fingerprint density at radius 3 is 2.71 bits per heavy atom. The van der Waals surface area contributed by atoms with Crippen molar-refractivity contribution in [1.82, 2.24) is 0 Å². The van der Waals surface area contributed by atoms with Crippen molar-refractivity contribution >= 4 is 27.5 Å². The summed E-state index contributed by atoms with van der Waals surface area (Å²) in [4.78, 5) is 12.1. The smallest absolute Gasteiger partial charge is 0.244 e. The van der Waals surface area contributed by atoms with Crippen LogP contribution in [-0.4, -0.2) is 5.91 Å². The Bertz CT molecular complexity index is 486. The number of carbonyl (C=O) groups is 1. The topological polar surface area (TPSA) is 52.9 Å². The molecule has 0 aromatic heterocycles. The molecule has 0 aliphatic heterocycles. The van der Waals surface area contributed by atoms with Crippen LogP contribution in [0.25, 0.3) is 0 Å². The summed E-state index contributed by atoms with van der Waals surface area (Å²) in [6, 6.07) is 9.56. The summed E-state index contributed by atoms with van der Waals surface area (Å²) in [5, 5.41) is 12.0. The van der Waals surface area contributed by atoms with Gasteiger partial charge in [-0.25, -0.2) is 0 Å². The van der Waals surface area contributed by atoms with Crippen LogP contribution in [0.2, 0.25) is 0 Å². The van der Waals surface area contributed by atoms with E-state index in [9.17, 15) is 4.79 Å². The number of hydrogen-bond acceptors (Lipinski definition) is 2. The number of hydrogen-bond donors (Lipinski definition) is 1. The van der Waals surface area contributed by atoms with Gasteiger partial charge in [0.15, 0.2) is 0 Å². The fourth-order valence-corrected chi connectivity index (χ4v) is 2.65. The highest BCUT2D eigenvalue weighted by molar-refractivity contribution is 9.10. The summed E-state index contributed by atoms with van der Waals surface area (Å²) in [7, 11) is 0. The lowest BCUT2D eigenvalue weighted by atomic mass is 9.63. The molecule has 1 amide bonds. The Labute approximate surface area is 109 Å². The molecule has 1 aromatic carbocycles. The van der Waals surface area contributed by atoms with Gasteiger partial charge in [0.05, 0.1) is 11.8 Å². The minimum absolute atomic E-state index is 0.190. The summed E-state index contributed by atoms with van der Waals surface area (Å²) in [5.74, 6) is 0.268. The van der Waals surface area contributed by atoms with E-state index >= 15 is 0 Å². The molecule has 3 nitrogen and oxygen atoms in total. The molecule has 0 atom stereocenters. The van der Waals surface area contributed by atoms with E-state index in [0.29, 0.717) is 24.4 Å². The van der Waals surface area contributed by atoms with E-state index in [4.69, 9.17) is 5.26 Å². The van der Waals surface area contributed by atoms with Crippen LogP contribution in [-0.2, 0) is 4.79 Å². The lowest BCUT2D eigenvalue weighted by Gasteiger charge is -2.39. The first kappa shape index (κ1) is 12.1. The maximum atomic E-state index is 12.1. The van der Waals surface area contributed by atoms with E-state index in [0.717, 1.165) is 4.47 Å². The molecule has 0 radical (unpaired) electrons. The highest BCUT2D eigenvalue weighted by Gasteiger charge is 2.49. The number of nitriles is 1. The quantitative estimate of drug-likeness (QED) is 0.909. The second-order valence-corrected chi connectivity index (χ2v) is 5.50. The lowest BCUT2D eigenvalue weighted by molar-refractivity contribution is -0.128. The Hall–Kier alpha value is -1.34. The lowest BCUT2D eigenvalue weighted by Crippen LogP contribution is -2.45. The zero-order valence-corrected chi connectivity index (χ0v) is 11.1. The fraction of sp³-hybridized carbons (Fsp3) is 0.385. The highest BCUT2D eigenvalue weighted by atomic mass is 79.9. The Balaban J connectivity index is 2.13. The monoisotopic (exact) mass is 292 g/mol. The number of nitrogens with zero attached hydrogens (tertiary/aromatic N) is 1. The summed E-state index contributed by atoms with van der Waals surface area (Å²) >= 11 is 3.37. The zero-order valence-electron chi connectivity index (χ0n) is 9.53. The van der Waals surface area contributed by atoms with Crippen molar-refractivity contribution in [3.05, 3.63) is 28.7 Å². The van der Waals surface area contributed by atoms with E-state index in [1.54, 1.807) is 0 Å². The molecule has 1 N–H and O–H groups in total. The van der Waals surface area contributed by atoms with E-state index < -0.39 is 5.41 Å². The van der Waals surface area contributed by atoms with Crippen molar-refractivity contribution in [2.24, 2.45) is 11.3 Å². The predicted octanol–water partition coefficient (Wildman–Crippen LogP) is 3.33. The van der Waals surface area contributed by atoms with E-state index in [1.807, 2.05) is 24.3 Å². The van der Waals surface area contributed by atoms with Gasteiger partial charge in [-0.2, -0.15) is 5.26 Å². The summed E-state index contributed by atoms with van der Waals surface area (Å²) in [5.41, 5.74) is -0.110. The molecule has 0 spiro atoms. The number of amides is 1. The average molecular weight is 293 g/mol. The first-order valence-electron chi connectivity index (χ1n) is 5.55. The van der Waals surface area contributed by atoms with Crippen molar-refractivity contribution in [3.63, 3.8) is 0 Å². The van der Waals surface area contributed by atoms with Crippen LogP contribution in [0.1, 0.15) is 19.8 Å². The van der Waals surface area contributed by atoms with E-state index in [2.05, 4.69) is 34.2 Å². The molecule has 1 aliphatic carbocycles. The van der Waals surface area contributed by atoms with Gasteiger partial charge >= 0.3 is 0 Å². The van der Waals surface area contributed by atoms with Crippen molar-refractivity contribution < 1.29 is 4.79 Å². The number of halogens is 1. The first-order chi connectivity index (χ1) is 8.07. The predicted molar refractivity (Wildman–Crippen MR) is 69.2 cm³/mol. The number of nitrogens with one attached hydrogen (secondary N) is 1. The van der Waals surface area contributed by atoms with Gasteiger partial charge in [0, 0.05) is 4.47 Å². The Morgan fingerprint density at radius 1 is 1.53 bits per heavy atom. The van der Waals surface area contributed by atoms with Crippen molar-refractivity contribution in [1.29, 1.82) is 5.26 Å². The molecule has 2 rings (SSSR count). The molecule has 0 bridgehead atoms. The van der Waals surface area contributed by atoms with Crippen molar-refractivity contribution in [3.8, 4) is 6.07 Å². The maximum absolute atomic E-state index is 12.1. The van der Waals surface area contributed by atoms with Crippen LogP contribution in [0.15, 0.2) is 28.7 Å². The van der Waals surface area contributed by atoms with E-state index in [-0.39, 0.29) is 5.91 Å². The molecule has 1 saturated carbocycles. The first-order valence-corrected chi connectivity index (χ1v) is 6.34. The van der Waals surface area contributed by atoms with Gasteiger partial charge in [-0.1, -0.05) is 19.1 Å². The number of para-hydroxylation sites is 1. The average Bonchev–Trinajstić information content (AvgIpc) is 2.27. The number of rotatable bonds is 2. The summed E-state index contributed by atoms with van der Waals surface area (Å²) < 4.78 is 0.828. The Kier molecular flexibility index (Phi) is 3.21. The van der Waals surface area contributed by atoms with Crippen LogP contribution in [0.4, 0.5) is 5.69 Å². The normalized spacial score (nSPS) is 26.8. The third kappa shape index (κ3) is 2.20. The summed E-state index contributed by atoms with van der Waals surface area (Å²) in [6.07, 6.45) is 1.31. The van der Waals surface area contributed by atoms with Crippen LogP contribution in [0.3, 0.4) is 0 Å². The van der Waals surface area contributed by atoms with Crippen molar-refractivity contribution in [2.45, 2.75) is 19.8 Å². The molecule has 88 valence electrons. The number of anilines is 1. The molecule has 0 saturated heterocycles. The maximum Gasteiger partial charge on any atom is 0.244 e. The molecule has 1 fully saturated rings. The molecule has 1 aliphatic rings. The largest absolute Gasteiger partial charge is 0.324 e. The number of carbonyl (C=O) groups excluding carboxylic acids is 1. The highest BCUT2D eigenvalue weighted by Crippen LogP contribution is 2.45. The third-order valence-electron chi connectivity index (χ3n) is 3.16. The molecular formula is C13H13BrN2O. The fourth-order valence-electron chi connectivity index (χ4n) is 2.26. The van der Waals surface area contributed by atoms with E-state index in [1.165, 1.54) is 0 Å². The second kappa shape index (κ2) is 4.50. The molecule has 0 unspecified atom stereocenters. The minimum Gasteiger partial charge on any atom is -0.324 e. The summed E-state index contributed by atoms with van der Waals surface area (Å²) in [6.45, 7) is 2.06.